The molecule has 0 fully saturated rings. The van der Waals surface area contributed by atoms with Crippen LogP contribution < -0.4 is 10.6 Å². The van der Waals surface area contributed by atoms with Crippen LogP contribution in [-0.2, 0) is 57.8 Å². The Labute approximate surface area is 354 Å². The molecule has 0 radical (unpaired) electrons. The van der Waals surface area contributed by atoms with Crippen LogP contribution in [0.4, 0.5) is 23.0 Å². The first-order valence-corrected chi connectivity index (χ1v) is 21.8. The van der Waals surface area contributed by atoms with E-state index in [0.29, 0.717) is 39.1 Å². The van der Waals surface area contributed by atoms with E-state index in [9.17, 15) is 14.7 Å². The molecule has 16 heteroatoms. The fourth-order valence-electron chi connectivity index (χ4n) is 8.46. The number of aryl methyl sites for hydroxylation is 2. The Hall–Kier alpha value is -5.68. The van der Waals surface area contributed by atoms with E-state index in [2.05, 4.69) is 70.9 Å². The molecule has 4 aromatic heterocycles. The molecule has 2 aliphatic heterocycles. The lowest BCUT2D eigenvalue weighted by Crippen LogP contribution is -2.41. The van der Waals surface area contributed by atoms with Gasteiger partial charge in [-0.2, -0.15) is 0 Å². The summed E-state index contributed by atoms with van der Waals surface area (Å²) in [5.74, 6) is 0.754. The summed E-state index contributed by atoms with van der Waals surface area (Å²) in [5, 5.41) is 18.4. The van der Waals surface area contributed by atoms with Crippen molar-refractivity contribution in [3.8, 4) is 0 Å². The number of aromatic nitrogens is 4. The molecule has 3 N–H and O–H groups in total. The van der Waals surface area contributed by atoms with Crippen LogP contribution in [0.3, 0.4) is 0 Å². The molecule has 2 aliphatic carbocycles. The van der Waals surface area contributed by atoms with Crippen LogP contribution in [0.25, 0.3) is 20.4 Å². The highest BCUT2D eigenvalue weighted by molar-refractivity contribution is 7.19. The molecule has 4 aliphatic rings. The molecule has 0 unspecified atom stereocenters. The Morgan fingerprint density at radius 2 is 1.23 bits per heavy atom. The Kier molecular flexibility index (Phi) is 11.6. The molecule has 0 saturated carbocycles. The largest absolute Gasteiger partial charge is 0.481 e. The van der Waals surface area contributed by atoms with E-state index in [1.807, 2.05) is 23.4 Å². The second-order valence-electron chi connectivity index (χ2n) is 15.4. The van der Waals surface area contributed by atoms with Gasteiger partial charge in [-0.1, -0.05) is 12.1 Å². The van der Waals surface area contributed by atoms with Crippen LogP contribution in [-0.4, -0.2) is 94.8 Å². The van der Waals surface area contributed by atoms with Gasteiger partial charge >= 0.3 is 5.97 Å². The summed E-state index contributed by atoms with van der Waals surface area (Å²) in [6.45, 7) is 3.71. The quantitative estimate of drug-likeness (QED) is 0.114. The van der Waals surface area contributed by atoms with Gasteiger partial charge in [0.05, 0.1) is 43.0 Å². The van der Waals surface area contributed by atoms with Gasteiger partial charge < -0.3 is 30.1 Å². The molecule has 308 valence electrons. The first-order valence-electron chi connectivity index (χ1n) is 20.2. The summed E-state index contributed by atoms with van der Waals surface area (Å²) in [7, 11) is 3.32. The molecule has 1 amide bonds. The zero-order valence-corrected chi connectivity index (χ0v) is 35.1. The van der Waals surface area contributed by atoms with Crippen LogP contribution >= 0.6 is 22.7 Å². The molecular formula is C44H45N9O5S2. The Morgan fingerprint density at radius 1 is 0.733 bits per heavy atom. The van der Waals surface area contributed by atoms with Gasteiger partial charge in [-0.15, -0.1) is 22.7 Å². The van der Waals surface area contributed by atoms with Crippen molar-refractivity contribution < 1.29 is 24.2 Å². The van der Waals surface area contributed by atoms with Gasteiger partial charge in [0.15, 0.2) is 0 Å². The average molecular weight is 844 g/mol. The molecule has 14 nitrogen and oxygen atoms in total. The number of carbonyl (C=O) groups excluding carboxylic acids is 1. The predicted molar refractivity (Wildman–Crippen MR) is 236 cm³/mol. The van der Waals surface area contributed by atoms with Crippen molar-refractivity contribution >= 4 is 90.4 Å². The minimum Gasteiger partial charge on any atom is -0.481 e. The lowest BCUT2D eigenvalue weighted by molar-refractivity contribution is -0.142. The van der Waals surface area contributed by atoms with Crippen molar-refractivity contribution in [1.29, 1.82) is 0 Å². The Bertz CT molecular complexity index is 2650. The molecule has 6 aromatic rings. The number of nitrogens with one attached hydrogen (secondary N) is 2. The van der Waals surface area contributed by atoms with Crippen molar-refractivity contribution in [2.24, 2.45) is 21.8 Å². The number of hydrogen-bond acceptors (Lipinski definition) is 14. The molecule has 10 rings (SSSR count). The number of nitrogens with zero attached hydrogens (tertiary/aromatic N) is 7. The third-order valence-electron chi connectivity index (χ3n) is 11.6. The van der Waals surface area contributed by atoms with Crippen molar-refractivity contribution in [2.75, 3.05) is 51.2 Å². The molecule has 2 aromatic carbocycles. The van der Waals surface area contributed by atoms with Crippen LogP contribution in [0.1, 0.15) is 56.0 Å². The number of benzene rings is 2. The number of rotatable bonds is 12. The number of carboxylic acid groups (broad SMARTS) is 1. The van der Waals surface area contributed by atoms with Gasteiger partial charge in [-0.25, -0.2) is 19.9 Å². The molecule has 2 atom stereocenters. The third-order valence-corrected chi connectivity index (χ3v) is 14.0. The number of hydrogen-bond donors (Lipinski definition) is 3. The topological polar surface area (TPSA) is 176 Å². The minimum absolute atomic E-state index is 0.0327. The highest BCUT2D eigenvalue weighted by atomic mass is 32.1. The second kappa shape index (κ2) is 17.5. The van der Waals surface area contributed by atoms with Gasteiger partial charge in [0.2, 0.25) is 5.91 Å². The van der Waals surface area contributed by atoms with Crippen LogP contribution in [0.5, 0.6) is 0 Å². The summed E-state index contributed by atoms with van der Waals surface area (Å²) in [6.07, 6.45) is 11.4. The molecule has 60 heavy (non-hydrogen) atoms. The highest BCUT2D eigenvalue weighted by Crippen LogP contribution is 2.42. The minimum atomic E-state index is -0.711. The number of thiophene rings is 2. The number of fused-ring (bicyclic) bond motifs is 8. The van der Waals surface area contributed by atoms with E-state index < -0.39 is 5.97 Å². The average Bonchev–Trinajstić information content (AvgIpc) is 4.08. The molecular weight excluding hydrogens is 799 g/mol. The number of aliphatic carboxylic acids is 1. The zero-order chi connectivity index (χ0) is 41.2. The number of amides is 1. The third kappa shape index (κ3) is 8.11. The van der Waals surface area contributed by atoms with Gasteiger partial charge in [-0.05, 0) is 96.2 Å². The van der Waals surface area contributed by atoms with E-state index >= 15 is 0 Å². The fraction of sp³-hybridized carbons (Fsp3) is 0.364. The van der Waals surface area contributed by atoms with Gasteiger partial charge in [-0.3, -0.25) is 19.6 Å². The van der Waals surface area contributed by atoms with Crippen LogP contribution in [0, 0.1) is 11.8 Å². The molecule has 6 heterocycles. The number of aliphatic imine (C=N–C) groups is 2. The summed E-state index contributed by atoms with van der Waals surface area (Å²) < 4.78 is 10.4. The number of anilines is 4. The summed E-state index contributed by atoms with van der Waals surface area (Å²) >= 11 is 3.27. The van der Waals surface area contributed by atoms with E-state index in [4.69, 9.17) is 9.47 Å². The van der Waals surface area contributed by atoms with Crippen molar-refractivity contribution in [2.45, 2.75) is 51.6 Å². The van der Waals surface area contributed by atoms with Crippen molar-refractivity contribution in [3.63, 3.8) is 0 Å². The van der Waals surface area contributed by atoms with Crippen molar-refractivity contribution in [1.82, 2.24) is 24.8 Å². The summed E-state index contributed by atoms with van der Waals surface area (Å²) in [6, 6.07) is 12.5. The van der Waals surface area contributed by atoms with Crippen LogP contribution in [0.2, 0.25) is 0 Å². The van der Waals surface area contributed by atoms with E-state index in [-0.39, 0.29) is 17.7 Å². The second-order valence-corrected chi connectivity index (χ2v) is 17.5. The fourth-order valence-corrected chi connectivity index (χ4v) is 11.0. The Balaban J connectivity index is 0.000000159. The number of ether oxygens (including phenoxy) is 2. The predicted octanol–water partition coefficient (Wildman–Crippen LogP) is 7.15. The van der Waals surface area contributed by atoms with E-state index in [1.165, 1.54) is 27.1 Å². The first-order chi connectivity index (χ1) is 29.4. The van der Waals surface area contributed by atoms with Crippen molar-refractivity contribution in [3.05, 3.63) is 92.2 Å². The Morgan fingerprint density at radius 3 is 1.73 bits per heavy atom. The molecule has 0 spiro atoms. The zero-order valence-electron chi connectivity index (χ0n) is 33.4. The maximum absolute atomic E-state index is 13.3. The van der Waals surface area contributed by atoms with E-state index in [0.717, 1.165) is 98.2 Å². The standard InChI is InChI=1S/C25H29N5O3S.C19H16N4O2S/c1-32-9-7-30(8-10-33-2)25(31)16-4-6-20-21(12-16)34-24-22(20)23(27-15-28-24)29-19-5-3-17-13-26-14-18(17)11-19;24-19(25)10-2-4-14-15(6-10)26-18-16(14)17(21-9-22-18)23-13-3-1-11-7-20-8-12(11)5-13/h3,5,11,14-16H,4,6-10,12-13H2,1-2H3,(H,27,28,29);1,3,5,8-10H,2,4,6-7H2,(H,24,25)(H,21,22,23)/t16-;10-/m00/s1. The monoisotopic (exact) mass is 843 g/mol. The van der Waals surface area contributed by atoms with Gasteiger partial charge in [0.1, 0.15) is 34.0 Å². The van der Waals surface area contributed by atoms with Gasteiger partial charge in [0.25, 0.3) is 0 Å². The maximum atomic E-state index is 13.3. The smallest absolute Gasteiger partial charge is 0.306 e. The summed E-state index contributed by atoms with van der Waals surface area (Å²) in [4.78, 5) is 57.4. The number of methoxy groups -OCH3 is 2. The molecule has 0 bridgehead atoms. The van der Waals surface area contributed by atoms with Crippen LogP contribution in [0.15, 0.2) is 59.0 Å². The van der Waals surface area contributed by atoms with Gasteiger partial charge in [0, 0.05) is 66.8 Å². The lowest BCUT2D eigenvalue weighted by Gasteiger charge is -2.29. The lowest BCUT2D eigenvalue weighted by atomic mass is 9.87. The highest BCUT2D eigenvalue weighted by Gasteiger charge is 2.32. The SMILES string of the molecule is COCCN(CCOC)C(=O)[C@H]1CCc2c(sc3ncnc(Nc4ccc5c(c4)C=NC5)c23)C1.O=C(O)[C@H]1CCc2c(sc3ncnc(Nc4ccc5c(c4)C=NC5)c23)C1. The summed E-state index contributed by atoms with van der Waals surface area (Å²) in [5.41, 5.74) is 9.19. The molecule has 0 saturated heterocycles. The van der Waals surface area contributed by atoms with E-state index in [1.54, 1.807) is 49.5 Å². The number of carbonyl (C=O) groups is 2. The maximum Gasteiger partial charge on any atom is 0.306 e. The normalized spacial score (nSPS) is 17.1. The first kappa shape index (κ1) is 39.8. The number of carboxylic acids is 1.